The number of methoxy groups -OCH3 is 1. The molecule has 1 aromatic carbocycles. The van der Waals surface area contributed by atoms with Crippen molar-refractivity contribution in [1.29, 1.82) is 0 Å². The van der Waals surface area contributed by atoms with Crippen LogP contribution in [0.2, 0.25) is 0 Å². The number of thiophene rings is 1. The number of ether oxygens (including phenoxy) is 1. The first-order chi connectivity index (χ1) is 8.67. The molecule has 0 aliphatic carbocycles. The highest BCUT2D eigenvalue weighted by molar-refractivity contribution is 9.10. The minimum atomic E-state index is -0.271. The highest BCUT2D eigenvalue weighted by Gasteiger charge is 2.19. The van der Waals surface area contributed by atoms with Crippen LogP contribution >= 0.6 is 27.3 Å². The van der Waals surface area contributed by atoms with Crippen molar-refractivity contribution < 1.29 is 9.13 Å². The molecule has 1 heterocycles. The summed E-state index contributed by atoms with van der Waals surface area (Å²) in [6, 6.07) is 4.75. The fourth-order valence-electron chi connectivity index (χ4n) is 1.84. The van der Waals surface area contributed by atoms with Gasteiger partial charge in [-0.05, 0) is 40.0 Å². The van der Waals surface area contributed by atoms with Crippen molar-refractivity contribution in [2.75, 3.05) is 14.2 Å². The fraction of sp³-hybridized carbons (Fsp3) is 0.231. The van der Waals surface area contributed by atoms with E-state index in [1.54, 1.807) is 23.5 Å². The van der Waals surface area contributed by atoms with Crippen LogP contribution in [0.15, 0.2) is 33.4 Å². The van der Waals surface area contributed by atoms with Gasteiger partial charge in [-0.1, -0.05) is 6.07 Å². The Morgan fingerprint density at radius 3 is 2.61 bits per heavy atom. The predicted molar refractivity (Wildman–Crippen MR) is 75.9 cm³/mol. The highest BCUT2D eigenvalue weighted by Crippen LogP contribution is 2.33. The van der Waals surface area contributed by atoms with Crippen LogP contribution in [0, 0.1) is 5.82 Å². The molecule has 0 saturated heterocycles. The van der Waals surface area contributed by atoms with Gasteiger partial charge < -0.3 is 10.1 Å². The molecule has 0 amide bonds. The van der Waals surface area contributed by atoms with Crippen LogP contribution in [0.5, 0.6) is 5.75 Å². The molecular weight excluding hydrogens is 317 g/mol. The van der Waals surface area contributed by atoms with E-state index in [4.69, 9.17) is 4.74 Å². The Hall–Kier alpha value is -0.910. The van der Waals surface area contributed by atoms with Gasteiger partial charge in [-0.15, -0.1) is 0 Å². The van der Waals surface area contributed by atoms with E-state index < -0.39 is 0 Å². The summed E-state index contributed by atoms with van der Waals surface area (Å²) in [5.41, 5.74) is 1.64. The lowest BCUT2D eigenvalue weighted by Gasteiger charge is -2.17. The van der Waals surface area contributed by atoms with Crippen LogP contribution < -0.4 is 10.1 Å². The largest absolute Gasteiger partial charge is 0.497 e. The second-order valence-corrected chi connectivity index (χ2v) is 5.38. The summed E-state index contributed by atoms with van der Waals surface area (Å²) in [6.07, 6.45) is 0. The third-order valence-electron chi connectivity index (χ3n) is 2.76. The molecule has 0 aliphatic rings. The van der Waals surface area contributed by atoms with E-state index in [9.17, 15) is 4.39 Å². The Balaban J connectivity index is 2.42. The molecule has 0 saturated carbocycles. The molecule has 2 nitrogen and oxygen atoms in total. The van der Waals surface area contributed by atoms with Crippen LogP contribution in [0.3, 0.4) is 0 Å². The van der Waals surface area contributed by atoms with Gasteiger partial charge in [-0.25, -0.2) is 4.39 Å². The number of halogens is 2. The molecule has 1 unspecified atom stereocenters. The Labute approximate surface area is 118 Å². The SMILES string of the molecule is CNC(c1ccc(OC)cc1F)c1cscc1Br. The van der Waals surface area contributed by atoms with Gasteiger partial charge in [0, 0.05) is 21.5 Å². The first-order valence-corrected chi connectivity index (χ1v) is 7.13. The van der Waals surface area contributed by atoms with E-state index in [-0.39, 0.29) is 11.9 Å². The van der Waals surface area contributed by atoms with E-state index in [1.165, 1.54) is 13.2 Å². The summed E-state index contributed by atoms with van der Waals surface area (Å²) in [4.78, 5) is 0. The first kappa shape index (κ1) is 13.5. The average molecular weight is 330 g/mol. The van der Waals surface area contributed by atoms with Gasteiger partial charge >= 0.3 is 0 Å². The van der Waals surface area contributed by atoms with Gasteiger partial charge in [0.1, 0.15) is 11.6 Å². The van der Waals surface area contributed by atoms with Gasteiger partial charge in [0.25, 0.3) is 0 Å². The maximum absolute atomic E-state index is 14.1. The lowest BCUT2D eigenvalue weighted by atomic mass is 10.0. The molecule has 0 fully saturated rings. The van der Waals surface area contributed by atoms with E-state index >= 15 is 0 Å². The topological polar surface area (TPSA) is 21.3 Å². The Bertz CT molecular complexity index is 544. The minimum absolute atomic E-state index is 0.170. The lowest BCUT2D eigenvalue weighted by Crippen LogP contribution is -2.18. The Morgan fingerprint density at radius 2 is 2.11 bits per heavy atom. The van der Waals surface area contributed by atoms with Crippen molar-refractivity contribution in [3.05, 3.63) is 50.4 Å². The molecule has 1 atom stereocenters. The Kier molecular flexibility index (Phi) is 4.37. The second kappa shape index (κ2) is 5.82. The van der Waals surface area contributed by atoms with Crippen molar-refractivity contribution in [2.24, 2.45) is 0 Å². The van der Waals surface area contributed by atoms with E-state index in [2.05, 4.69) is 21.2 Å². The predicted octanol–water partition coefficient (Wildman–Crippen LogP) is 3.97. The monoisotopic (exact) mass is 329 g/mol. The molecule has 0 spiro atoms. The van der Waals surface area contributed by atoms with Crippen LogP contribution in [-0.2, 0) is 0 Å². The minimum Gasteiger partial charge on any atom is -0.497 e. The van der Waals surface area contributed by atoms with Crippen molar-refractivity contribution in [1.82, 2.24) is 5.32 Å². The molecule has 1 N–H and O–H groups in total. The summed E-state index contributed by atoms with van der Waals surface area (Å²) >= 11 is 5.07. The lowest BCUT2D eigenvalue weighted by molar-refractivity contribution is 0.410. The van der Waals surface area contributed by atoms with Gasteiger partial charge in [-0.3, -0.25) is 0 Å². The van der Waals surface area contributed by atoms with E-state index in [1.807, 2.05) is 17.8 Å². The Morgan fingerprint density at radius 1 is 1.33 bits per heavy atom. The number of nitrogens with one attached hydrogen (secondary N) is 1. The summed E-state index contributed by atoms with van der Waals surface area (Å²) in [5, 5.41) is 7.13. The summed E-state index contributed by atoms with van der Waals surface area (Å²) in [6.45, 7) is 0. The van der Waals surface area contributed by atoms with Crippen molar-refractivity contribution in [3.63, 3.8) is 0 Å². The molecule has 18 heavy (non-hydrogen) atoms. The van der Waals surface area contributed by atoms with Crippen LogP contribution in [-0.4, -0.2) is 14.2 Å². The second-order valence-electron chi connectivity index (χ2n) is 3.78. The van der Waals surface area contributed by atoms with E-state index in [0.717, 1.165) is 10.0 Å². The zero-order valence-electron chi connectivity index (χ0n) is 10.0. The number of hydrogen-bond acceptors (Lipinski definition) is 3. The standard InChI is InChI=1S/C13H13BrFNOS/c1-16-13(10-6-18-7-11(10)14)9-4-3-8(17-2)5-12(9)15/h3-7,13,16H,1-2H3. The molecule has 1 aromatic heterocycles. The van der Waals surface area contributed by atoms with Crippen LogP contribution in [0.4, 0.5) is 4.39 Å². The van der Waals surface area contributed by atoms with Gasteiger partial charge in [0.15, 0.2) is 0 Å². The van der Waals surface area contributed by atoms with Crippen molar-refractivity contribution in [2.45, 2.75) is 6.04 Å². The third-order valence-corrected chi connectivity index (χ3v) is 4.51. The third kappa shape index (κ3) is 2.58. The van der Waals surface area contributed by atoms with Crippen LogP contribution in [0.1, 0.15) is 17.2 Å². The number of hydrogen-bond donors (Lipinski definition) is 1. The number of rotatable bonds is 4. The molecule has 0 radical (unpaired) electrons. The molecule has 2 aromatic rings. The van der Waals surface area contributed by atoms with Crippen LogP contribution in [0.25, 0.3) is 0 Å². The number of benzene rings is 1. The molecule has 0 aliphatic heterocycles. The van der Waals surface area contributed by atoms with Crippen molar-refractivity contribution in [3.8, 4) is 5.75 Å². The maximum atomic E-state index is 14.1. The maximum Gasteiger partial charge on any atom is 0.132 e. The molecule has 2 rings (SSSR count). The fourth-order valence-corrected chi connectivity index (χ4v) is 3.40. The molecule has 96 valence electrons. The van der Waals surface area contributed by atoms with Gasteiger partial charge in [0.2, 0.25) is 0 Å². The van der Waals surface area contributed by atoms with E-state index in [0.29, 0.717) is 11.3 Å². The molecular formula is C13H13BrFNOS. The summed E-state index contributed by atoms with van der Waals surface area (Å²) in [7, 11) is 3.35. The zero-order chi connectivity index (χ0) is 13.1. The highest BCUT2D eigenvalue weighted by atomic mass is 79.9. The van der Waals surface area contributed by atoms with Gasteiger partial charge in [0.05, 0.1) is 13.2 Å². The quantitative estimate of drug-likeness (QED) is 0.916. The normalized spacial score (nSPS) is 12.4. The van der Waals surface area contributed by atoms with Gasteiger partial charge in [-0.2, -0.15) is 11.3 Å². The summed E-state index contributed by atoms with van der Waals surface area (Å²) < 4.78 is 20.1. The molecule has 0 bridgehead atoms. The molecule has 5 heteroatoms. The van der Waals surface area contributed by atoms with Crippen molar-refractivity contribution >= 4 is 27.3 Å². The zero-order valence-corrected chi connectivity index (χ0v) is 12.4. The smallest absolute Gasteiger partial charge is 0.132 e. The first-order valence-electron chi connectivity index (χ1n) is 5.39. The summed E-state index contributed by atoms with van der Waals surface area (Å²) in [5.74, 6) is 0.252. The average Bonchev–Trinajstić information content (AvgIpc) is 2.78.